The molecule has 2 N–H and O–H groups in total. The van der Waals surface area contributed by atoms with Crippen molar-refractivity contribution in [1.29, 1.82) is 0 Å². The van der Waals surface area contributed by atoms with E-state index in [-0.39, 0.29) is 6.10 Å². The molecule has 0 saturated carbocycles. The second-order valence-electron chi connectivity index (χ2n) is 5.03. The fraction of sp³-hybridized carbons (Fsp3) is 0.571. The molecule has 0 aromatic heterocycles. The van der Waals surface area contributed by atoms with E-state index in [4.69, 9.17) is 11.6 Å². The Balaban J connectivity index is 1.71. The van der Waals surface area contributed by atoms with Gasteiger partial charge in [0.25, 0.3) is 0 Å². The normalized spacial score (nSPS) is 17.8. The zero-order chi connectivity index (χ0) is 13.7. The molecule has 1 aromatic rings. The molecule has 0 bridgehead atoms. The third kappa shape index (κ3) is 5.04. The zero-order valence-electron chi connectivity index (χ0n) is 10.9. The number of aliphatic hydroxyl groups is 1. The molecule has 0 radical (unpaired) electrons. The first-order chi connectivity index (χ1) is 9.15. The number of aliphatic hydroxyl groups excluding tert-OH is 1. The number of hydrogen-bond acceptors (Lipinski definition) is 3. The molecule has 5 heteroatoms. The van der Waals surface area contributed by atoms with Crippen molar-refractivity contribution >= 4 is 27.5 Å². The van der Waals surface area contributed by atoms with Gasteiger partial charge < -0.3 is 15.3 Å². The van der Waals surface area contributed by atoms with E-state index in [9.17, 15) is 5.11 Å². The van der Waals surface area contributed by atoms with Crippen molar-refractivity contribution in [3.05, 3.63) is 33.3 Å². The van der Waals surface area contributed by atoms with Gasteiger partial charge in [0.2, 0.25) is 0 Å². The highest BCUT2D eigenvalue weighted by Gasteiger charge is 2.15. The number of rotatable bonds is 6. The summed E-state index contributed by atoms with van der Waals surface area (Å²) in [7, 11) is 0. The minimum Gasteiger partial charge on any atom is -0.390 e. The first kappa shape index (κ1) is 15.3. The maximum atomic E-state index is 9.97. The third-order valence-electron chi connectivity index (χ3n) is 3.37. The molecule has 0 amide bonds. The van der Waals surface area contributed by atoms with E-state index in [0.29, 0.717) is 13.1 Å². The predicted molar refractivity (Wildman–Crippen MR) is 82.5 cm³/mol. The maximum absolute atomic E-state index is 9.97. The summed E-state index contributed by atoms with van der Waals surface area (Å²) in [6.45, 7) is 4.27. The van der Waals surface area contributed by atoms with Gasteiger partial charge in [-0.2, -0.15) is 0 Å². The van der Waals surface area contributed by atoms with Crippen LogP contribution in [0.3, 0.4) is 0 Å². The lowest BCUT2D eigenvalue weighted by Crippen LogP contribution is -2.36. The minimum absolute atomic E-state index is 0.316. The van der Waals surface area contributed by atoms with Crippen LogP contribution in [0.2, 0.25) is 5.02 Å². The van der Waals surface area contributed by atoms with Crippen LogP contribution in [0.4, 0.5) is 0 Å². The quantitative estimate of drug-likeness (QED) is 0.830. The summed E-state index contributed by atoms with van der Waals surface area (Å²) < 4.78 is 1.02. The van der Waals surface area contributed by atoms with Crippen LogP contribution in [-0.4, -0.2) is 42.3 Å². The summed E-state index contributed by atoms with van der Waals surface area (Å²) in [6.07, 6.45) is 2.20. The molecule has 1 aliphatic rings. The molecule has 1 fully saturated rings. The van der Waals surface area contributed by atoms with E-state index >= 15 is 0 Å². The maximum Gasteiger partial charge on any atom is 0.0791 e. The second-order valence-corrected chi connectivity index (χ2v) is 6.35. The molecule has 3 nitrogen and oxygen atoms in total. The molecule has 1 unspecified atom stereocenters. The smallest absolute Gasteiger partial charge is 0.0791 e. The molecule has 2 rings (SSSR count). The van der Waals surface area contributed by atoms with E-state index in [1.807, 2.05) is 18.2 Å². The molecule has 1 heterocycles. The molecule has 19 heavy (non-hydrogen) atoms. The molecule has 0 aliphatic carbocycles. The molecule has 1 saturated heterocycles. The molecule has 1 atom stereocenters. The van der Waals surface area contributed by atoms with Gasteiger partial charge in [-0.25, -0.2) is 0 Å². The number of β-amino-alcohol motifs (C(OH)–C–C–N with tert-alkyl or cyclic N) is 1. The number of hydrogen-bond donors (Lipinski definition) is 2. The standard InChI is InChI=1S/C14H20BrClN2O/c15-12-3-4-14(16)11(7-12)8-17-9-13(19)10-18-5-1-2-6-18/h3-4,7,13,17,19H,1-2,5-6,8-10H2. The van der Waals surface area contributed by atoms with E-state index < -0.39 is 0 Å². The summed E-state index contributed by atoms with van der Waals surface area (Å²) in [5, 5.41) is 14.0. The first-order valence-corrected chi connectivity index (χ1v) is 7.87. The fourth-order valence-electron chi connectivity index (χ4n) is 2.38. The number of nitrogens with zero attached hydrogens (tertiary/aromatic N) is 1. The van der Waals surface area contributed by atoms with Gasteiger partial charge in [0.05, 0.1) is 6.10 Å². The van der Waals surface area contributed by atoms with Gasteiger partial charge >= 0.3 is 0 Å². The summed E-state index contributed by atoms with van der Waals surface area (Å²) in [5.41, 5.74) is 1.05. The van der Waals surface area contributed by atoms with Crippen molar-refractivity contribution < 1.29 is 5.11 Å². The third-order valence-corrected chi connectivity index (χ3v) is 4.23. The second kappa shape index (κ2) is 7.60. The number of likely N-dealkylation sites (tertiary alicyclic amines) is 1. The summed E-state index contributed by atoms with van der Waals surface area (Å²) in [5.74, 6) is 0. The Kier molecular flexibility index (Phi) is 6.10. The van der Waals surface area contributed by atoms with Crippen molar-refractivity contribution in [2.24, 2.45) is 0 Å². The van der Waals surface area contributed by atoms with Crippen LogP contribution < -0.4 is 5.32 Å². The molecular weight excluding hydrogens is 328 g/mol. The Morgan fingerprint density at radius 2 is 2.11 bits per heavy atom. The first-order valence-electron chi connectivity index (χ1n) is 6.70. The van der Waals surface area contributed by atoms with E-state index in [0.717, 1.165) is 34.7 Å². The van der Waals surface area contributed by atoms with Crippen molar-refractivity contribution in [1.82, 2.24) is 10.2 Å². The highest BCUT2D eigenvalue weighted by atomic mass is 79.9. The Morgan fingerprint density at radius 1 is 1.37 bits per heavy atom. The summed E-state index contributed by atoms with van der Waals surface area (Å²) >= 11 is 9.55. The lowest BCUT2D eigenvalue weighted by Gasteiger charge is -2.19. The Morgan fingerprint density at radius 3 is 2.84 bits per heavy atom. The van der Waals surface area contributed by atoms with Gasteiger partial charge in [-0.15, -0.1) is 0 Å². The van der Waals surface area contributed by atoms with Crippen LogP contribution in [0.25, 0.3) is 0 Å². The van der Waals surface area contributed by atoms with Crippen LogP contribution in [0.5, 0.6) is 0 Å². The highest BCUT2D eigenvalue weighted by molar-refractivity contribution is 9.10. The van der Waals surface area contributed by atoms with E-state index in [1.54, 1.807) is 0 Å². The van der Waals surface area contributed by atoms with Gasteiger partial charge in [-0.05, 0) is 49.7 Å². The lowest BCUT2D eigenvalue weighted by atomic mass is 10.2. The Labute approximate surface area is 128 Å². The van der Waals surface area contributed by atoms with Gasteiger partial charge in [0, 0.05) is 29.1 Å². The van der Waals surface area contributed by atoms with Crippen LogP contribution >= 0.6 is 27.5 Å². The van der Waals surface area contributed by atoms with Gasteiger partial charge in [0.15, 0.2) is 0 Å². The molecule has 1 aliphatic heterocycles. The lowest BCUT2D eigenvalue weighted by molar-refractivity contribution is 0.123. The van der Waals surface area contributed by atoms with E-state index in [1.165, 1.54) is 12.8 Å². The average Bonchev–Trinajstić information content (AvgIpc) is 2.86. The monoisotopic (exact) mass is 346 g/mol. The summed E-state index contributed by atoms with van der Waals surface area (Å²) in [6, 6.07) is 5.81. The molecule has 0 spiro atoms. The van der Waals surface area contributed by atoms with Crippen molar-refractivity contribution in [2.75, 3.05) is 26.2 Å². The Hall–Kier alpha value is -0.130. The van der Waals surface area contributed by atoms with Crippen molar-refractivity contribution in [2.45, 2.75) is 25.5 Å². The van der Waals surface area contributed by atoms with Gasteiger partial charge in [-0.1, -0.05) is 27.5 Å². The van der Waals surface area contributed by atoms with Gasteiger partial charge in [-0.3, -0.25) is 0 Å². The molecule has 1 aromatic carbocycles. The Bertz CT molecular complexity index is 410. The largest absolute Gasteiger partial charge is 0.390 e. The van der Waals surface area contributed by atoms with Crippen molar-refractivity contribution in [3.8, 4) is 0 Å². The highest BCUT2D eigenvalue weighted by Crippen LogP contribution is 2.20. The SMILES string of the molecule is OC(CNCc1cc(Br)ccc1Cl)CN1CCCC1. The molecule has 106 valence electrons. The predicted octanol–water partition coefficient (Wildman–Crippen LogP) is 2.65. The number of halogens is 2. The number of nitrogens with one attached hydrogen (secondary N) is 1. The van der Waals surface area contributed by atoms with Crippen LogP contribution in [-0.2, 0) is 6.54 Å². The fourth-order valence-corrected chi connectivity index (χ4v) is 2.97. The topological polar surface area (TPSA) is 35.5 Å². The molecular formula is C14H20BrClN2O. The van der Waals surface area contributed by atoms with Crippen LogP contribution in [0.1, 0.15) is 18.4 Å². The minimum atomic E-state index is -0.316. The van der Waals surface area contributed by atoms with Crippen LogP contribution in [0, 0.1) is 0 Å². The van der Waals surface area contributed by atoms with Gasteiger partial charge in [0.1, 0.15) is 0 Å². The zero-order valence-corrected chi connectivity index (χ0v) is 13.3. The average molecular weight is 348 g/mol. The summed E-state index contributed by atoms with van der Waals surface area (Å²) in [4.78, 5) is 2.32. The number of benzene rings is 1. The van der Waals surface area contributed by atoms with Crippen LogP contribution in [0.15, 0.2) is 22.7 Å². The van der Waals surface area contributed by atoms with Crippen molar-refractivity contribution in [3.63, 3.8) is 0 Å². The van der Waals surface area contributed by atoms with E-state index in [2.05, 4.69) is 26.1 Å².